The standard InChI is InChI=1S/C15H28N2O3/c1-3-4-11-20-12-5-8-16-14(18)15(19)17-9-6-13(2)7-10-17/h13H,3-12H2,1-2H3,(H,16,18). The molecular formula is C15H28N2O3. The number of carbonyl (C=O) groups is 2. The molecule has 1 heterocycles. The van der Waals surface area contributed by atoms with Crippen molar-refractivity contribution in [2.75, 3.05) is 32.8 Å². The van der Waals surface area contributed by atoms with Gasteiger partial charge in [0.25, 0.3) is 0 Å². The summed E-state index contributed by atoms with van der Waals surface area (Å²) in [5, 5.41) is 2.67. The Kier molecular flexibility index (Phi) is 8.26. The Hall–Kier alpha value is -1.10. The van der Waals surface area contributed by atoms with Crippen molar-refractivity contribution in [3.05, 3.63) is 0 Å². The van der Waals surface area contributed by atoms with Crippen molar-refractivity contribution < 1.29 is 14.3 Å². The van der Waals surface area contributed by atoms with E-state index in [1.165, 1.54) is 0 Å². The van der Waals surface area contributed by atoms with Gasteiger partial charge >= 0.3 is 11.8 Å². The Morgan fingerprint density at radius 2 is 1.85 bits per heavy atom. The molecule has 0 spiro atoms. The van der Waals surface area contributed by atoms with Crippen molar-refractivity contribution in [3.63, 3.8) is 0 Å². The second kappa shape index (κ2) is 9.75. The molecule has 20 heavy (non-hydrogen) atoms. The largest absolute Gasteiger partial charge is 0.381 e. The lowest BCUT2D eigenvalue weighted by molar-refractivity contribution is -0.146. The number of nitrogens with one attached hydrogen (secondary N) is 1. The number of hydrogen-bond acceptors (Lipinski definition) is 3. The molecule has 5 nitrogen and oxygen atoms in total. The molecule has 0 aromatic heterocycles. The zero-order valence-electron chi connectivity index (χ0n) is 12.8. The van der Waals surface area contributed by atoms with E-state index in [0.29, 0.717) is 32.2 Å². The summed E-state index contributed by atoms with van der Waals surface area (Å²) in [7, 11) is 0. The molecule has 0 radical (unpaired) electrons. The molecule has 116 valence electrons. The fourth-order valence-corrected chi connectivity index (χ4v) is 2.16. The van der Waals surface area contributed by atoms with Gasteiger partial charge in [0.05, 0.1) is 0 Å². The summed E-state index contributed by atoms with van der Waals surface area (Å²) in [6.45, 7) is 7.62. The smallest absolute Gasteiger partial charge is 0.311 e. The van der Waals surface area contributed by atoms with Crippen LogP contribution < -0.4 is 5.32 Å². The van der Waals surface area contributed by atoms with E-state index in [-0.39, 0.29) is 5.91 Å². The highest BCUT2D eigenvalue weighted by Gasteiger charge is 2.24. The fourth-order valence-electron chi connectivity index (χ4n) is 2.16. The fraction of sp³-hybridized carbons (Fsp3) is 0.867. The quantitative estimate of drug-likeness (QED) is 0.570. The van der Waals surface area contributed by atoms with Crippen LogP contribution in [0, 0.1) is 5.92 Å². The van der Waals surface area contributed by atoms with E-state index in [4.69, 9.17) is 4.74 Å². The van der Waals surface area contributed by atoms with Gasteiger partial charge in [0, 0.05) is 32.8 Å². The van der Waals surface area contributed by atoms with Crippen molar-refractivity contribution >= 4 is 11.8 Å². The lowest BCUT2D eigenvalue weighted by atomic mass is 9.99. The molecule has 1 saturated heterocycles. The van der Waals surface area contributed by atoms with Crippen molar-refractivity contribution in [1.82, 2.24) is 10.2 Å². The number of nitrogens with zero attached hydrogens (tertiary/aromatic N) is 1. The average molecular weight is 284 g/mol. The topological polar surface area (TPSA) is 58.6 Å². The van der Waals surface area contributed by atoms with Crippen molar-refractivity contribution in [2.45, 2.75) is 46.0 Å². The molecule has 2 amide bonds. The Morgan fingerprint density at radius 3 is 2.50 bits per heavy atom. The summed E-state index contributed by atoms with van der Waals surface area (Å²) >= 11 is 0. The SMILES string of the molecule is CCCCOCCCNC(=O)C(=O)N1CCC(C)CC1. The van der Waals surface area contributed by atoms with Gasteiger partial charge < -0.3 is 15.0 Å². The van der Waals surface area contributed by atoms with Crippen LogP contribution in [0.2, 0.25) is 0 Å². The molecule has 0 bridgehead atoms. The van der Waals surface area contributed by atoms with Gasteiger partial charge in [-0.05, 0) is 31.6 Å². The van der Waals surface area contributed by atoms with Crippen LogP contribution >= 0.6 is 0 Å². The second-order valence-corrected chi connectivity index (χ2v) is 5.55. The number of hydrogen-bond donors (Lipinski definition) is 1. The van der Waals surface area contributed by atoms with Crippen LogP contribution in [0.5, 0.6) is 0 Å². The van der Waals surface area contributed by atoms with Gasteiger partial charge in [-0.15, -0.1) is 0 Å². The molecule has 0 aliphatic carbocycles. The third kappa shape index (κ3) is 6.37. The Morgan fingerprint density at radius 1 is 1.20 bits per heavy atom. The van der Waals surface area contributed by atoms with Gasteiger partial charge in [0.2, 0.25) is 0 Å². The third-order valence-corrected chi connectivity index (χ3v) is 3.66. The number of likely N-dealkylation sites (tertiary alicyclic amines) is 1. The number of ether oxygens (including phenoxy) is 1. The normalized spacial score (nSPS) is 16.2. The summed E-state index contributed by atoms with van der Waals surface area (Å²) in [4.78, 5) is 25.3. The van der Waals surface area contributed by atoms with Gasteiger partial charge in [-0.3, -0.25) is 9.59 Å². The third-order valence-electron chi connectivity index (χ3n) is 3.66. The summed E-state index contributed by atoms with van der Waals surface area (Å²) in [5.74, 6) is -0.209. The van der Waals surface area contributed by atoms with Crippen molar-refractivity contribution in [3.8, 4) is 0 Å². The molecule has 1 fully saturated rings. The minimum atomic E-state index is -0.479. The molecule has 1 aliphatic heterocycles. The maximum Gasteiger partial charge on any atom is 0.311 e. The summed E-state index contributed by atoms with van der Waals surface area (Å²) in [5.41, 5.74) is 0. The van der Waals surface area contributed by atoms with Crippen molar-refractivity contribution in [2.24, 2.45) is 5.92 Å². The van der Waals surface area contributed by atoms with Crippen LogP contribution in [0.4, 0.5) is 0 Å². The predicted octanol–water partition coefficient (Wildman–Crippen LogP) is 1.57. The minimum absolute atomic E-state index is 0.385. The second-order valence-electron chi connectivity index (χ2n) is 5.55. The zero-order valence-corrected chi connectivity index (χ0v) is 12.8. The van der Waals surface area contributed by atoms with E-state index in [1.54, 1.807) is 4.90 Å². The Balaban J connectivity index is 2.08. The van der Waals surface area contributed by atoms with Crippen LogP contribution in [-0.4, -0.2) is 49.6 Å². The summed E-state index contributed by atoms with van der Waals surface area (Å²) in [6.07, 6.45) is 4.92. The number of unbranched alkanes of at least 4 members (excludes halogenated alkanes) is 1. The molecular weight excluding hydrogens is 256 g/mol. The van der Waals surface area contributed by atoms with Gasteiger partial charge in [-0.25, -0.2) is 0 Å². The van der Waals surface area contributed by atoms with Crippen LogP contribution in [0.25, 0.3) is 0 Å². The van der Waals surface area contributed by atoms with E-state index in [9.17, 15) is 9.59 Å². The molecule has 0 atom stereocenters. The summed E-state index contributed by atoms with van der Waals surface area (Å²) in [6, 6.07) is 0. The maximum atomic E-state index is 11.9. The van der Waals surface area contributed by atoms with Crippen LogP contribution in [0.1, 0.15) is 46.0 Å². The van der Waals surface area contributed by atoms with E-state index < -0.39 is 5.91 Å². The van der Waals surface area contributed by atoms with Crippen LogP contribution in [0.3, 0.4) is 0 Å². The van der Waals surface area contributed by atoms with Crippen molar-refractivity contribution in [1.29, 1.82) is 0 Å². The highest BCUT2D eigenvalue weighted by molar-refractivity contribution is 6.35. The van der Waals surface area contributed by atoms with Gasteiger partial charge in [0.1, 0.15) is 0 Å². The summed E-state index contributed by atoms with van der Waals surface area (Å²) < 4.78 is 5.40. The number of carbonyl (C=O) groups excluding carboxylic acids is 2. The molecule has 5 heteroatoms. The monoisotopic (exact) mass is 284 g/mol. The molecule has 0 saturated carbocycles. The molecule has 1 aliphatic rings. The molecule has 0 aromatic carbocycles. The van der Waals surface area contributed by atoms with E-state index >= 15 is 0 Å². The van der Waals surface area contributed by atoms with Gasteiger partial charge in [-0.2, -0.15) is 0 Å². The Bertz CT molecular complexity index is 299. The van der Waals surface area contributed by atoms with Gasteiger partial charge in [0.15, 0.2) is 0 Å². The van der Waals surface area contributed by atoms with Crippen LogP contribution in [0.15, 0.2) is 0 Å². The van der Waals surface area contributed by atoms with Crippen LogP contribution in [-0.2, 0) is 14.3 Å². The molecule has 1 rings (SSSR count). The molecule has 0 unspecified atom stereocenters. The minimum Gasteiger partial charge on any atom is -0.381 e. The van der Waals surface area contributed by atoms with E-state index in [2.05, 4.69) is 19.2 Å². The number of rotatable bonds is 7. The predicted molar refractivity (Wildman–Crippen MR) is 78.3 cm³/mol. The van der Waals surface area contributed by atoms with E-state index in [0.717, 1.165) is 38.7 Å². The number of piperidine rings is 1. The first-order valence-electron chi connectivity index (χ1n) is 7.80. The first kappa shape index (κ1) is 17.0. The first-order valence-corrected chi connectivity index (χ1v) is 7.80. The van der Waals surface area contributed by atoms with Gasteiger partial charge in [-0.1, -0.05) is 20.3 Å². The number of amides is 2. The average Bonchev–Trinajstić information content (AvgIpc) is 2.46. The van der Waals surface area contributed by atoms with E-state index in [1.807, 2.05) is 0 Å². The zero-order chi connectivity index (χ0) is 14.8. The lowest BCUT2D eigenvalue weighted by Gasteiger charge is -2.29. The molecule has 0 aromatic rings. The Labute approximate surface area is 122 Å². The first-order chi connectivity index (χ1) is 9.65. The highest BCUT2D eigenvalue weighted by atomic mass is 16.5. The lowest BCUT2D eigenvalue weighted by Crippen LogP contribution is -2.46. The molecule has 1 N–H and O–H groups in total. The maximum absolute atomic E-state index is 11.9. The highest BCUT2D eigenvalue weighted by Crippen LogP contribution is 2.15.